The van der Waals surface area contributed by atoms with Crippen LogP contribution in [0.2, 0.25) is 0 Å². The van der Waals surface area contributed by atoms with E-state index < -0.39 is 0 Å². The molecule has 3 nitrogen and oxygen atoms in total. The minimum absolute atomic E-state index is 0.159. The Balaban J connectivity index is 1.70. The molecule has 0 atom stereocenters. The van der Waals surface area contributed by atoms with Crippen molar-refractivity contribution in [3.8, 4) is 0 Å². The van der Waals surface area contributed by atoms with E-state index >= 15 is 0 Å². The molecule has 2 rings (SSSR count). The number of hydrogen-bond donors (Lipinski definition) is 2. The molecule has 3 N–H and O–H groups in total. The van der Waals surface area contributed by atoms with E-state index in [4.69, 9.17) is 5.73 Å². The van der Waals surface area contributed by atoms with Crippen LogP contribution >= 0.6 is 0 Å². The predicted molar refractivity (Wildman–Crippen MR) is 60.4 cm³/mol. The second kappa shape index (κ2) is 4.52. The summed E-state index contributed by atoms with van der Waals surface area (Å²) in [6.07, 6.45) is 8.79. The van der Waals surface area contributed by atoms with Gasteiger partial charge in [0.05, 0.1) is 0 Å². The van der Waals surface area contributed by atoms with Crippen molar-refractivity contribution in [3.05, 3.63) is 0 Å². The summed E-state index contributed by atoms with van der Waals surface area (Å²) in [4.78, 5) is 11.7. The molecule has 2 saturated carbocycles. The fourth-order valence-electron chi connectivity index (χ4n) is 2.40. The zero-order valence-electron chi connectivity index (χ0n) is 9.43. The number of nitrogens with one attached hydrogen (secondary N) is 1. The van der Waals surface area contributed by atoms with Gasteiger partial charge in [0.1, 0.15) is 0 Å². The lowest BCUT2D eigenvalue weighted by Crippen LogP contribution is -2.46. The molecule has 0 bridgehead atoms. The van der Waals surface area contributed by atoms with Gasteiger partial charge in [0, 0.05) is 18.5 Å². The lowest BCUT2D eigenvalue weighted by atomic mass is 9.80. The van der Waals surface area contributed by atoms with Gasteiger partial charge in [-0.1, -0.05) is 19.3 Å². The smallest absolute Gasteiger partial charge is 0.221 e. The Bertz CT molecular complexity index is 230. The Labute approximate surface area is 91.8 Å². The fourth-order valence-corrected chi connectivity index (χ4v) is 2.40. The summed E-state index contributed by atoms with van der Waals surface area (Å²) in [7, 11) is 0. The molecule has 2 aliphatic carbocycles. The molecule has 0 heterocycles. The van der Waals surface area contributed by atoms with Crippen LogP contribution < -0.4 is 11.1 Å². The van der Waals surface area contributed by atoms with E-state index in [1.807, 2.05) is 0 Å². The minimum atomic E-state index is -0.202. The molecule has 2 fully saturated rings. The number of carbonyl (C=O) groups excluding carboxylic acids is 1. The summed E-state index contributed by atoms with van der Waals surface area (Å²) in [5.41, 5.74) is 6.02. The van der Waals surface area contributed by atoms with Gasteiger partial charge in [-0.2, -0.15) is 0 Å². The highest BCUT2D eigenvalue weighted by molar-refractivity contribution is 5.77. The van der Waals surface area contributed by atoms with Crippen molar-refractivity contribution in [3.63, 3.8) is 0 Å². The molecule has 0 aromatic heterocycles. The first-order valence-corrected chi connectivity index (χ1v) is 6.24. The molecule has 0 radical (unpaired) electrons. The van der Waals surface area contributed by atoms with Gasteiger partial charge in [-0.25, -0.2) is 0 Å². The first-order chi connectivity index (χ1) is 7.18. The van der Waals surface area contributed by atoms with Crippen molar-refractivity contribution in [2.75, 3.05) is 6.54 Å². The van der Waals surface area contributed by atoms with Gasteiger partial charge in [0.2, 0.25) is 5.91 Å². The maximum atomic E-state index is 11.7. The maximum absolute atomic E-state index is 11.7. The minimum Gasteiger partial charge on any atom is -0.356 e. The van der Waals surface area contributed by atoms with E-state index in [9.17, 15) is 4.79 Å². The summed E-state index contributed by atoms with van der Waals surface area (Å²) >= 11 is 0. The molecule has 15 heavy (non-hydrogen) atoms. The largest absolute Gasteiger partial charge is 0.356 e. The van der Waals surface area contributed by atoms with Crippen LogP contribution in [0.1, 0.15) is 51.4 Å². The van der Waals surface area contributed by atoms with Crippen molar-refractivity contribution < 1.29 is 4.79 Å². The Kier molecular flexibility index (Phi) is 3.29. The van der Waals surface area contributed by atoms with Gasteiger partial charge < -0.3 is 11.1 Å². The lowest BCUT2D eigenvalue weighted by molar-refractivity contribution is -0.122. The van der Waals surface area contributed by atoms with Crippen LogP contribution in [0.25, 0.3) is 0 Å². The van der Waals surface area contributed by atoms with Crippen molar-refractivity contribution >= 4 is 5.91 Å². The van der Waals surface area contributed by atoms with E-state index in [0.717, 1.165) is 25.3 Å². The van der Waals surface area contributed by atoms with Gasteiger partial charge in [0.25, 0.3) is 0 Å². The monoisotopic (exact) mass is 210 g/mol. The zero-order chi connectivity index (χ0) is 10.7. The summed E-state index contributed by atoms with van der Waals surface area (Å²) in [6.45, 7) is 0.870. The van der Waals surface area contributed by atoms with Gasteiger partial charge in [-0.3, -0.25) is 4.79 Å². The van der Waals surface area contributed by atoms with Crippen LogP contribution in [0.4, 0.5) is 0 Å². The summed E-state index contributed by atoms with van der Waals surface area (Å²) in [5.74, 6) is 0.917. The summed E-state index contributed by atoms with van der Waals surface area (Å²) in [6, 6.07) is 0. The van der Waals surface area contributed by atoms with Crippen molar-refractivity contribution in [1.82, 2.24) is 5.32 Å². The van der Waals surface area contributed by atoms with E-state index in [1.54, 1.807) is 0 Å². The predicted octanol–water partition coefficient (Wildman–Crippen LogP) is 1.56. The van der Waals surface area contributed by atoms with Gasteiger partial charge in [0.15, 0.2) is 0 Å². The van der Waals surface area contributed by atoms with Crippen LogP contribution in [0.5, 0.6) is 0 Å². The first kappa shape index (κ1) is 10.9. The molecular formula is C12H22N2O. The lowest BCUT2D eigenvalue weighted by Gasteiger charge is -2.32. The third-order valence-corrected chi connectivity index (χ3v) is 3.65. The van der Waals surface area contributed by atoms with E-state index in [2.05, 4.69) is 5.32 Å². The van der Waals surface area contributed by atoms with Crippen molar-refractivity contribution in [2.45, 2.75) is 56.9 Å². The van der Waals surface area contributed by atoms with E-state index in [1.165, 1.54) is 32.1 Å². The van der Waals surface area contributed by atoms with Crippen LogP contribution in [-0.4, -0.2) is 18.0 Å². The van der Waals surface area contributed by atoms with Gasteiger partial charge >= 0.3 is 0 Å². The molecule has 86 valence electrons. The number of carbonyl (C=O) groups is 1. The second-order valence-corrected chi connectivity index (χ2v) is 5.35. The molecule has 0 saturated heterocycles. The summed E-state index contributed by atoms with van der Waals surface area (Å²) in [5, 5.41) is 3.00. The molecule has 2 aliphatic rings. The third-order valence-electron chi connectivity index (χ3n) is 3.65. The Morgan fingerprint density at radius 3 is 2.53 bits per heavy atom. The molecule has 0 unspecified atom stereocenters. The Morgan fingerprint density at radius 2 is 1.93 bits per heavy atom. The normalized spacial score (nSPS) is 24.9. The third kappa shape index (κ3) is 3.49. The number of amides is 1. The number of hydrogen-bond acceptors (Lipinski definition) is 2. The molecule has 0 spiro atoms. The zero-order valence-corrected chi connectivity index (χ0v) is 9.43. The topological polar surface area (TPSA) is 55.1 Å². The Hall–Kier alpha value is -0.570. The molecule has 1 amide bonds. The average molecular weight is 210 g/mol. The molecule has 3 heteroatoms. The van der Waals surface area contributed by atoms with Crippen molar-refractivity contribution in [2.24, 2.45) is 11.7 Å². The fraction of sp³-hybridized carbons (Fsp3) is 0.917. The number of nitrogens with two attached hydrogens (primary N) is 1. The Morgan fingerprint density at radius 1 is 1.27 bits per heavy atom. The molecule has 0 aromatic rings. The van der Waals surface area contributed by atoms with Crippen LogP contribution in [-0.2, 0) is 4.79 Å². The highest BCUT2D eigenvalue weighted by Crippen LogP contribution is 2.29. The summed E-state index contributed by atoms with van der Waals surface area (Å²) < 4.78 is 0. The van der Waals surface area contributed by atoms with Crippen LogP contribution in [0.3, 0.4) is 0 Å². The van der Waals surface area contributed by atoms with E-state index in [-0.39, 0.29) is 11.4 Å². The van der Waals surface area contributed by atoms with E-state index in [0.29, 0.717) is 6.42 Å². The quantitative estimate of drug-likeness (QED) is 0.740. The molecular weight excluding hydrogens is 188 g/mol. The standard InChI is InChI=1S/C12H22N2O/c13-12(6-2-1-3-7-12)8-11(15)14-9-10-4-5-10/h10H,1-9,13H2,(H,14,15). The van der Waals surface area contributed by atoms with Crippen LogP contribution in [0, 0.1) is 5.92 Å². The average Bonchev–Trinajstić information content (AvgIpc) is 2.98. The molecule has 0 aliphatic heterocycles. The SMILES string of the molecule is NC1(CC(=O)NCC2CC2)CCCCC1. The van der Waals surface area contributed by atoms with Gasteiger partial charge in [-0.05, 0) is 31.6 Å². The second-order valence-electron chi connectivity index (χ2n) is 5.35. The first-order valence-electron chi connectivity index (χ1n) is 6.24. The highest BCUT2D eigenvalue weighted by Gasteiger charge is 2.30. The highest BCUT2D eigenvalue weighted by atomic mass is 16.1. The maximum Gasteiger partial charge on any atom is 0.221 e. The molecule has 0 aromatic carbocycles. The van der Waals surface area contributed by atoms with Crippen molar-refractivity contribution in [1.29, 1.82) is 0 Å². The van der Waals surface area contributed by atoms with Gasteiger partial charge in [-0.15, -0.1) is 0 Å². The number of rotatable bonds is 4. The van der Waals surface area contributed by atoms with Crippen LogP contribution in [0.15, 0.2) is 0 Å².